The van der Waals surface area contributed by atoms with Crippen LogP contribution in [0.3, 0.4) is 0 Å². The van der Waals surface area contributed by atoms with Crippen molar-refractivity contribution in [3.63, 3.8) is 0 Å². The topological polar surface area (TPSA) is 113 Å². The van der Waals surface area contributed by atoms with Crippen molar-refractivity contribution in [1.82, 2.24) is 5.32 Å². The third-order valence-corrected chi connectivity index (χ3v) is 2.44. The number of amides is 2. The quantitative estimate of drug-likeness (QED) is 0.556. The summed E-state index contributed by atoms with van der Waals surface area (Å²) in [6, 6.07) is 6.04. The Labute approximate surface area is 104 Å². The lowest BCUT2D eigenvalue weighted by Gasteiger charge is -2.18. The summed E-state index contributed by atoms with van der Waals surface area (Å²) in [5, 5.41) is 21.9. The van der Waals surface area contributed by atoms with E-state index in [-0.39, 0.29) is 18.0 Å². The summed E-state index contributed by atoms with van der Waals surface area (Å²) in [6.07, 6.45) is -2.35. The highest BCUT2D eigenvalue weighted by Gasteiger charge is 2.19. The average molecular weight is 252 g/mol. The highest BCUT2D eigenvalue weighted by atomic mass is 16.3. The standard InChI is InChI=1S/C12H16N2O4/c1-7(15)14-6-10(16)11(17)8-3-2-4-9(5-8)12(13)18/h2-5,10-11,16-17H,6H2,1H3,(H2,13,18)(H,14,15). The maximum Gasteiger partial charge on any atom is 0.248 e. The van der Waals surface area contributed by atoms with E-state index in [0.717, 1.165) is 0 Å². The maximum atomic E-state index is 11.0. The van der Waals surface area contributed by atoms with Crippen LogP contribution in [0.2, 0.25) is 0 Å². The predicted molar refractivity (Wildman–Crippen MR) is 64.6 cm³/mol. The van der Waals surface area contributed by atoms with Gasteiger partial charge in [0.2, 0.25) is 11.8 Å². The number of aliphatic hydroxyl groups excluding tert-OH is 2. The lowest BCUT2D eigenvalue weighted by Crippen LogP contribution is -2.34. The van der Waals surface area contributed by atoms with E-state index in [1.165, 1.54) is 19.1 Å². The van der Waals surface area contributed by atoms with E-state index in [4.69, 9.17) is 5.73 Å². The minimum Gasteiger partial charge on any atom is -0.388 e. The van der Waals surface area contributed by atoms with Crippen molar-refractivity contribution in [3.05, 3.63) is 35.4 Å². The van der Waals surface area contributed by atoms with Crippen molar-refractivity contribution in [2.24, 2.45) is 5.73 Å². The fraction of sp³-hybridized carbons (Fsp3) is 0.333. The molecule has 0 saturated heterocycles. The molecule has 2 atom stereocenters. The van der Waals surface area contributed by atoms with Gasteiger partial charge in [0.1, 0.15) is 12.2 Å². The van der Waals surface area contributed by atoms with Crippen LogP contribution in [0.4, 0.5) is 0 Å². The molecule has 0 aliphatic carbocycles. The summed E-state index contributed by atoms with van der Waals surface area (Å²) < 4.78 is 0. The molecule has 0 aliphatic rings. The minimum absolute atomic E-state index is 0.0721. The van der Waals surface area contributed by atoms with E-state index in [0.29, 0.717) is 5.56 Å². The zero-order chi connectivity index (χ0) is 13.7. The van der Waals surface area contributed by atoms with Gasteiger partial charge in [-0.1, -0.05) is 12.1 Å². The van der Waals surface area contributed by atoms with Crippen LogP contribution in [0, 0.1) is 0 Å². The number of aliphatic hydroxyl groups is 2. The fourth-order valence-corrected chi connectivity index (χ4v) is 1.46. The molecular formula is C12H16N2O4. The first-order valence-electron chi connectivity index (χ1n) is 5.42. The highest BCUT2D eigenvalue weighted by Crippen LogP contribution is 2.17. The van der Waals surface area contributed by atoms with Gasteiger partial charge in [0, 0.05) is 19.0 Å². The molecule has 18 heavy (non-hydrogen) atoms. The van der Waals surface area contributed by atoms with Crippen LogP contribution >= 0.6 is 0 Å². The van der Waals surface area contributed by atoms with Gasteiger partial charge in [-0.25, -0.2) is 0 Å². The van der Waals surface area contributed by atoms with Crippen LogP contribution in [0.25, 0.3) is 0 Å². The van der Waals surface area contributed by atoms with Gasteiger partial charge in [0.25, 0.3) is 0 Å². The zero-order valence-corrected chi connectivity index (χ0v) is 9.96. The predicted octanol–water partition coefficient (Wildman–Crippen LogP) is -0.684. The van der Waals surface area contributed by atoms with Crippen molar-refractivity contribution >= 4 is 11.8 Å². The average Bonchev–Trinajstić information content (AvgIpc) is 2.35. The first-order valence-corrected chi connectivity index (χ1v) is 5.42. The number of nitrogens with two attached hydrogens (primary N) is 1. The maximum absolute atomic E-state index is 11.0. The van der Waals surface area contributed by atoms with Crippen molar-refractivity contribution in [2.45, 2.75) is 19.1 Å². The summed E-state index contributed by atoms with van der Waals surface area (Å²) in [7, 11) is 0. The molecule has 2 amide bonds. The molecule has 0 saturated carbocycles. The van der Waals surface area contributed by atoms with Gasteiger partial charge in [0.05, 0.1) is 0 Å². The number of nitrogens with one attached hydrogen (secondary N) is 1. The van der Waals surface area contributed by atoms with Crippen molar-refractivity contribution in [2.75, 3.05) is 6.54 Å². The number of carbonyl (C=O) groups excluding carboxylic acids is 2. The Hall–Kier alpha value is -1.92. The Morgan fingerprint density at radius 1 is 1.39 bits per heavy atom. The zero-order valence-electron chi connectivity index (χ0n) is 9.96. The smallest absolute Gasteiger partial charge is 0.248 e. The van der Waals surface area contributed by atoms with E-state index < -0.39 is 18.1 Å². The molecule has 5 N–H and O–H groups in total. The third kappa shape index (κ3) is 3.83. The first-order chi connectivity index (χ1) is 8.41. The Bertz CT molecular complexity index is 447. The van der Waals surface area contributed by atoms with Crippen LogP contribution in [0.1, 0.15) is 28.9 Å². The Balaban J connectivity index is 2.76. The van der Waals surface area contributed by atoms with Crippen molar-refractivity contribution in [1.29, 1.82) is 0 Å². The van der Waals surface area contributed by atoms with Crippen LogP contribution in [-0.4, -0.2) is 34.7 Å². The molecular weight excluding hydrogens is 236 g/mol. The van der Waals surface area contributed by atoms with Crippen LogP contribution < -0.4 is 11.1 Å². The molecule has 0 aromatic heterocycles. The molecule has 6 nitrogen and oxygen atoms in total. The molecule has 0 spiro atoms. The normalized spacial score (nSPS) is 13.7. The summed E-state index contributed by atoms with van der Waals surface area (Å²) in [6.45, 7) is 1.24. The van der Waals surface area contributed by atoms with Gasteiger partial charge in [-0.05, 0) is 17.7 Å². The number of benzene rings is 1. The summed E-state index contributed by atoms with van der Waals surface area (Å²) >= 11 is 0. The van der Waals surface area contributed by atoms with E-state index in [9.17, 15) is 19.8 Å². The number of hydrogen-bond acceptors (Lipinski definition) is 4. The number of hydrogen-bond donors (Lipinski definition) is 4. The van der Waals surface area contributed by atoms with Crippen LogP contribution in [0.15, 0.2) is 24.3 Å². The van der Waals surface area contributed by atoms with Crippen molar-refractivity contribution in [3.8, 4) is 0 Å². The second-order valence-electron chi connectivity index (χ2n) is 3.94. The molecule has 98 valence electrons. The monoisotopic (exact) mass is 252 g/mol. The Morgan fingerprint density at radius 3 is 2.61 bits per heavy atom. The summed E-state index contributed by atoms with van der Waals surface area (Å²) in [5.74, 6) is -0.910. The van der Waals surface area contributed by atoms with Gasteiger partial charge in [-0.15, -0.1) is 0 Å². The van der Waals surface area contributed by atoms with Gasteiger partial charge in [-0.3, -0.25) is 9.59 Å². The minimum atomic E-state index is -1.20. The van der Waals surface area contributed by atoms with Gasteiger partial charge in [-0.2, -0.15) is 0 Å². The molecule has 0 heterocycles. The second kappa shape index (κ2) is 6.13. The lowest BCUT2D eigenvalue weighted by atomic mass is 10.0. The fourth-order valence-electron chi connectivity index (χ4n) is 1.46. The van der Waals surface area contributed by atoms with Gasteiger partial charge >= 0.3 is 0 Å². The molecule has 1 aromatic rings. The lowest BCUT2D eigenvalue weighted by molar-refractivity contribution is -0.119. The molecule has 0 bridgehead atoms. The van der Waals surface area contributed by atoms with Gasteiger partial charge < -0.3 is 21.3 Å². The summed E-state index contributed by atoms with van der Waals surface area (Å²) in [4.78, 5) is 21.7. The van der Waals surface area contributed by atoms with Crippen molar-refractivity contribution < 1.29 is 19.8 Å². The SMILES string of the molecule is CC(=O)NCC(O)C(O)c1cccc(C(N)=O)c1. The van der Waals surface area contributed by atoms with Gasteiger partial charge in [0.15, 0.2) is 0 Å². The Kier molecular flexibility index (Phi) is 4.82. The molecule has 6 heteroatoms. The summed E-state index contributed by atoms with van der Waals surface area (Å²) in [5.41, 5.74) is 5.73. The molecule has 0 fully saturated rings. The molecule has 2 unspecified atom stereocenters. The second-order valence-corrected chi connectivity index (χ2v) is 3.94. The highest BCUT2D eigenvalue weighted by molar-refractivity contribution is 5.92. The van der Waals surface area contributed by atoms with E-state index in [1.807, 2.05) is 0 Å². The first kappa shape index (κ1) is 14.1. The Morgan fingerprint density at radius 2 is 2.06 bits per heavy atom. The molecule has 1 aromatic carbocycles. The molecule has 1 rings (SSSR count). The van der Waals surface area contributed by atoms with Crippen LogP contribution in [-0.2, 0) is 4.79 Å². The van der Waals surface area contributed by atoms with Crippen LogP contribution in [0.5, 0.6) is 0 Å². The van der Waals surface area contributed by atoms with E-state index >= 15 is 0 Å². The third-order valence-electron chi connectivity index (χ3n) is 2.44. The number of rotatable bonds is 5. The van der Waals surface area contributed by atoms with E-state index in [1.54, 1.807) is 12.1 Å². The largest absolute Gasteiger partial charge is 0.388 e. The van der Waals surface area contributed by atoms with E-state index in [2.05, 4.69) is 5.32 Å². The number of primary amides is 1. The number of carbonyl (C=O) groups is 2. The molecule has 0 radical (unpaired) electrons. The molecule has 0 aliphatic heterocycles.